The van der Waals surface area contributed by atoms with Crippen LogP contribution in [0.1, 0.15) is 31.4 Å². The van der Waals surface area contributed by atoms with E-state index in [2.05, 4.69) is 15.5 Å². The lowest BCUT2D eigenvalue weighted by Crippen LogP contribution is -2.18. The molecule has 1 fully saturated rings. The summed E-state index contributed by atoms with van der Waals surface area (Å²) in [4.78, 5) is 31.6. The maximum absolute atomic E-state index is 11.2. The van der Waals surface area contributed by atoms with Crippen molar-refractivity contribution in [3.63, 3.8) is 0 Å². The normalized spacial score (nSPS) is 16.0. The smallest absolute Gasteiger partial charge is 0.360 e. The molecule has 0 radical (unpaired) electrons. The van der Waals surface area contributed by atoms with Gasteiger partial charge in [-0.2, -0.15) is 0 Å². The highest BCUT2D eigenvalue weighted by Crippen LogP contribution is 2.22. The van der Waals surface area contributed by atoms with Gasteiger partial charge in [-0.25, -0.2) is 9.78 Å². The number of aliphatic carboxylic acids is 1. The molecule has 1 aromatic rings. The Hall–Kier alpha value is -1.67. The number of carbonyl (C=O) groups is 2. The standard InChI is InChI=1S/C12H14ClN3O4S/c13-5-9(17)15-12-14-8(6-21-12)10(11(18)19)16-20-7-3-1-2-4-7/h6-7H,1-5H2,(H,18,19)(H,14,15,17)/b16-10+. The quantitative estimate of drug-likeness (QED) is 0.472. The minimum Gasteiger partial charge on any atom is -0.476 e. The molecule has 7 nitrogen and oxygen atoms in total. The number of nitrogens with one attached hydrogen (secondary N) is 1. The number of aromatic nitrogens is 1. The highest BCUT2D eigenvalue weighted by Gasteiger charge is 2.21. The molecule has 0 atom stereocenters. The molecule has 0 aliphatic heterocycles. The summed E-state index contributed by atoms with van der Waals surface area (Å²) in [5, 5.41) is 17.1. The number of thiazole rings is 1. The Morgan fingerprint density at radius 3 is 2.86 bits per heavy atom. The summed E-state index contributed by atoms with van der Waals surface area (Å²) in [6.45, 7) is 0. The van der Waals surface area contributed by atoms with Gasteiger partial charge in [-0.1, -0.05) is 5.16 Å². The summed E-state index contributed by atoms with van der Waals surface area (Å²) < 4.78 is 0. The zero-order valence-electron chi connectivity index (χ0n) is 11.0. The first-order valence-electron chi connectivity index (χ1n) is 6.39. The van der Waals surface area contributed by atoms with Crippen LogP contribution in [-0.4, -0.2) is 39.7 Å². The summed E-state index contributed by atoms with van der Waals surface area (Å²) in [5.41, 5.74) is -0.125. The Balaban J connectivity index is 2.08. The van der Waals surface area contributed by atoms with Crippen molar-refractivity contribution in [2.24, 2.45) is 5.16 Å². The van der Waals surface area contributed by atoms with Gasteiger partial charge in [0.05, 0.1) is 0 Å². The van der Waals surface area contributed by atoms with Crippen molar-refractivity contribution in [1.29, 1.82) is 0 Å². The molecule has 1 aliphatic rings. The van der Waals surface area contributed by atoms with Crippen LogP contribution < -0.4 is 5.32 Å². The molecule has 0 spiro atoms. The second-order valence-corrected chi connectivity index (χ2v) is 5.60. The van der Waals surface area contributed by atoms with Crippen LogP contribution in [-0.2, 0) is 14.4 Å². The Kier molecular flexibility index (Phi) is 5.51. The van der Waals surface area contributed by atoms with Crippen LogP contribution in [0.4, 0.5) is 5.13 Å². The van der Waals surface area contributed by atoms with Gasteiger partial charge >= 0.3 is 5.97 Å². The number of carboxylic acid groups (broad SMARTS) is 1. The molecular weight excluding hydrogens is 318 g/mol. The van der Waals surface area contributed by atoms with Gasteiger partial charge in [0, 0.05) is 5.38 Å². The average Bonchev–Trinajstić information content (AvgIpc) is 3.10. The second kappa shape index (κ2) is 7.37. The van der Waals surface area contributed by atoms with Gasteiger partial charge in [0.15, 0.2) is 5.13 Å². The van der Waals surface area contributed by atoms with Crippen LogP contribution in [0.25, 0.3) is 0 Å². The molecule has 0 aromatic carbocycles. The highest BCUT2D eigenvalue weighted by molar-refractivity contribution is 7.14. The van der Waals surface area contributed by atoms with E-state index in [0.29, 0.717) is 0 Å². The summed E-state index contributed by atoms with van der Waals surface area (Å²) in [6.07, 6.45) is 3.85. The van der Waals surface area contributed by atoms with Crippen LogP contribution >= 0.6 is 22.9 Å². The number of hydrogen-bond donors (Lipinski definition) is 2. The Bertz CT molecular complexity index is 554. The highest BCUT2D eigenvalue weighted by atomic mass is 35.5. The number of halogens is 1. The zero-order chi connectivity index (χ0) is 15.2. The molecule has 1 amide bonds. The first kappa shape index (κ1) is 15.7. The summed E-state index contributed by atoms with van der Waals surface area (Å²) in [7, 11) is 0. The molecule has 1 saturated carbocycles. The van der Waals surface area contributed by atoms with E-state index in [1.165, 1.54) is 5.38 Å². The SMILES string of the molecule is O=C(CCl)Nc1nc(/C(=N\OC2CCCC2)C(=O)O)cs1. The van der Waals surface area contributed by atoms with Gasteiger partial charge in [0.2, 0.25) is 11.6 Å². The molecule has 0 saturated heterocycles. The molecular formula is C12H14ClN3O4S. The molecule has 1 aliphatic carbocycles. The third-order valence-corrected chi connectivity index (χ3v) is 3.91. The van der Waals surface area contributed by atoms with E-state index in [1.807, 2.05) is 0 Å². The topological polar surface area (TPSA) is 101 Å². The minimum absolute atomic E-state index is 0.0339. The van der Waals surface area contributed by atoms with Gasteiger partial charge in [-0.05, 0) is 25.7 Å². The van der Waals surface area contributed by atoms with E-state index in [0.717, 1.165) is 37.0 Å². The van der Waals surface area contributed by atoms with Crippen LogP contribution in [0.5, 0.6) is 0 Å². The molecule has 2 N–H and O–H groups in total. The number of oxime groups is 1. The minimum atomic E-state index is -1.23. The predicted molar refractivity (Wildman–Crippen MR) is 79.0 cm³/mol. The number of amides is 1. The number of hydrogen-bond acceptors (Lipinski definition) is 6. The maximum atomic E-state index is 11.2. The Morgan fingerprint density at radius 2 is 2.24 bits per heavy atom. The van der Waals surface area contributed by atoms with E-state index in [9.17, 15) is 14.7 Å². The zero-order valence-corrected chi connectivity index (χ0v) is 12.6. The van der Waals surface area contributed by atoms with Crippen LogP contribution in [0.15, 0.2) is 10.5 Å². The number of carbonyl (C=O) groups excluding carboxylic acids is 1. The monoisotopic (exact) mass is 331 g/mol. The molecule has 114 valence electrons. The van der Waals surface area contributed by atoms with Crippen molar-refractivity contribution in [2.75, 3.05) is 11.2 Å². The third kappa shape index (κ3) is 4.40. The molecule has 9 heteroatoms. The van der Waals surface area contributed by atoms with E-state index in [1.54, 1.807) is 0 Å². The van der Waals surface area contributed by atoms with Crippen molar-refractivity contribution in [3.8, 4) is 0 Å². The van der Waals surface area contributed by atoms with E-state index in [-0.39, 0.29) is 28.5 Å². The third-order valence-electron chi connectivity index (χ3n) is 2.91. The van der Waals surface area contributed by atoms with Gasteiger partial charge in [-0.3, -0.25) is 4.79 Å². The Labute approximate surface area is 130 Å². The van der Waals surface area contributed by atoms with E-state index < -0.39 is 11.9 Å². The maximum Gasteiger partial charge on any atom is 0.360 e. The number of carboxylic acids is 1. The van der Waals surface area contributed by atoms with Crippen molar-refractivity contribution in [3.05, 3.63) is 11.1 Å². The van der Waals surface area contributed by atoms with E-state index in [4.69, 9.17) is 16.4 Å². The number of alkyl halides is 1. The van der Waals surface area contributed by atoms with Gasteiger partial charge in [0.25, 0.3) is 0 Å². The van der Waals surface area contributed by atoms with E-state index >= 15 is 0 Å². The summed E-state index contributed by atoms with van der Waals surface area (Å²) in [6, 6.07) is 0. The summed E-state index contributed by atoms with van der Waals surface area (Å²) >= 11 is 6.47. The molecule has 0 unspecified atom stereocenters. The largest absolute Gasteiger partial charge is 0.476 e. The van der Waals surface area contributed by atoms with Crippen molar-refractivity contribution in [1.82, 2.24) is 4.98 Å². The Morgan fingerprint density at radius 1 is 1.52 bits per heavy atom. The lowest BCUT2D eigenvalue weighted by Gasteiger charge is -2.06. The van der Waals surface area contributed by atoms with Crippen LogP contribution in [0.3, 0.4) is 0 Å². The van der Waals surface area contributed by atoms with Crippen molar-refractivity contribution >= 4 is 45.7 Å². The molecule has 21 heavy (non-hydrogen) atoms. The van der Waals surface area contributed by atoms with Crippen LogP contribution in [0.2, 0.25) is 0 Å². The van der Waals surface area contributed by atoms with Gasteiger partial charge in [0.1, 0.15) is 17.7 Å². The summed E-state index contributed by atoms with van der Waals surface area (Å²) in [5.74, 6) is -1.83. The molecule has 2 rings (SSSR count). The fraction of sp³-hybridized carbons (Fsp3) is 0.500. The first-order chi connectivity index (χ1) is 10.1. The number of anilines is 1. The second-order valence-electron chi connectivity index (χ2n) is 4.48. The lowest BCUT2D eigenvalue weighted by molar-refractivity contribution is -0.129. The van der Waals surface area contributed by atoms with Crippen molar-refractivity contribution in [2.45, 2.75) is 31.8 Å². The number of nitrogens with zero attached hydrogens (tertiary/aromatic N) is 2. The number of rotatable bonds is 6. The molecule has 0 bridgehead atoms. The molecule has 1 heterocycles. The average molecular weight is 332 g/mol. The van der Waals surface area contributed by atoms with Crippen LogP contribution in [0, 0.1) is 0 Å². The fourth-order valence-corrected chi connectivity index (χ4v) is 2.69. The fourth-order valence-electron chi connectivity index (χ4n) is 1.91. The lowest BCUT2D eigenvalue weighted by atomic mass is 10.3. The molecule has 1 aromatic heterocycles. The van der Waals surface area contributed by atoms with Gasteiger partial charge in [-0.15, -0.1) is 22.9 Å². The van der Waals surface area contributed by atoms with Gasteiger partial charge < -0.3 is 15.3 Å². The first-order valence-corrected chi connectivity index (χ1v) is 7.80. The predicted octanol–water partition coefficient (Wildman–Crippen LogP) is 2.07. The van der Waals surface area contributed by atoms with Crippen molar-refractivity contribution < 1.29 is 19.5 Å².